The summed E-state index contributed by atoms with van der Waals surface area (Å²) in [4.78, 5) is 0. The van der Waals surface area contributed by atoms with E-state index < -0.39 is 0 Å². The third-order valence-electron chi connectivity index (χ3n) is 6.69. The fraction of sp³-hybridized carbons (Fsp3) is 0.517. The average molecular weight is 387 g/mol. The molecule has 0 N–H and O–H groups in total. The lowest BCUT2D eigenvalue weighted by atomic mass is 9.78. The summed E-state index contributed by atoms with van der Waals surface area (Å²) in [7, 11) is 0. The van der Waals surface area contributed by atoms with E-state index in [-0.39, 0.29) is 0 Å². The molecule has 0 radical (unpaired) electrons. The topological polar surface area (TPSA) is 0 Å². The van der Waals surface area contributed by atoms with Gasteiger partial charge in [0, 0.05) is 11.1 Å². The molecule has 0 saturated heterocycles. The van der Waals surface area contributed by atoms with Crippen molar-refractivity contribution in [1.29, 1.82) is 0 Å². The summed E-state index contributed by atoms with van der Waals surface area (Å²) in [5, 5.41) is 0. The number of hydrogen-bond acceptors (Lipinski definition) is 0. The number of benzene rings is 2. The van der Waals surface area contributed by atoms with Gasteiger partial charge in [-0.3, -0.25) is 0 Å². The molecule has 0 unspecified atom stereocenters. The molecule has 1 aliphatic rings. The van der Waals surface area contributed by atoms with Crippen molar-refractivity contribution in [1.82, 2.24) is 0 Å². The van der Waals surface area contributed by atoms with Gasteiger partial charge in [-0.2, -0.15) is 0 Å². The Kier molecular flexibility index (Phi) is 8.88. The van der Waals surface area contributed by atoms with Crippen LogP contribution >= 0.6 is 0 Å². The summed E-state index contributed by atoms with van der Waals surface area (Å²) in [6, 6.07) is 17.5. The summed E-state index contributed by atoms with van der Waals surface area (Å²) >= 11 is 0. The zero-order valence-electron chi connectivity index (χ0n) is 18.6. The SMILES string of the molecule is CCCCCC1CCC(CCc2ccc(C#Cc3ccc(CC)cc3)cc2)CC1. The first-order valence-electron chi connectivity index (χ1n) is 12.0. The predicted octanol–water partition coefficient (Wildman–Crippen LogP) is 7.97. The Bertz CT molecular complexity index is 762. The third kappa shape index (κ3) is 7.40. The van der Waals surface area contributed by atoms with Gasteiger partial charge in [0.25, 0.3) is 0 Å². The van der Waals surface area contributed by atoms with E-state index in [2.05, 4.69) is 74.2 Å². The van der Waals surface area contributed by atoms with Gasteiger partial charge >= 0.3 is 0 Å². The molecule has 3 rings (SSSR count). The van der Waals surface area contributed by atoms with Crippen LogP contribution in [0.1, 0.15) is 93.9 Å². The monoisotopic (exact) mass is 386 g/mol. The number of rotatable bonds is 8. The first-order chi connectivity index (χ1) is 14.3. The summed E-state index contributed by atoms with van der Waals surface area (Å²) in [6.45, 7) is 4.49. The minimum atomic E-state index is 0.947. The quantitative estimate of drug-likeness (QED) is 0.319. The second kappa shape index (κ2) is 11.9. The van der Waals surface area contributed by atoms with Gasteiger partial charge in [0.05, 0.1) is 0 Å². The highest BCUT2D eigenvalue weighted by atomic mass is 14.3. The van der Waals surface area contributed by atoms with E-state index in [4.69, 9.17) is 0 Å². The molecule has 29 heavy (non-hydrogen) atoms. The molecule has 1 fully saturated rings. The van der Waals surface area contributed by atoms with E-state index in [0.717, 1.165) is 29.4 Å². The van der Waals surface area contributed by atoms with Crippen molar-refractivity contribution in [3.05, 3.63) is 70.8 Å². The molecule has 2 aromatic rings. The molecule has 0 heterocycles. The first-order valence-corrected chi connectivity index (χ1v) is 12.0. The van der Waals surface area contributed by atoms with Gasteiger partial charge in [0.1, 0.15) is 0 Å². The maximum Gasteiger partial charge on any atom is 0.0249 e. The molecule has 0 atom stereocenters. The Morgan fingerprint density at radius 3 is 1.69 bits per heavy atom. The molecule has 1 aliphatic carbocycles. The van der Waals surface area contributed by atoms with Crippen molar-refractivity contribution in [3.63, 3.8) is 0 Å². The van der Waals surface area contributed by atoms with Gasteiger partial charge in [-0.1, -0.05) is 101 Å². The zero-order valence-corrected chi connectivity index (χ0v) is 18.6. The van der Waals surface area contributed by atoms with Gasteiger partial charge in [-0.05, 0) is 66.5 Å². The van der Waals surface area contributed by atoms with Gasteiger partial charge in [-0.25, -0.2) is 0 Å². The highest BCUT2D eigenvalue weighted by Crippen LogP contribution is 2.34. The fourth-order valence-corrected chi connectivity index (χ4v) is 4.59. The Morgan fingerprint density at radius 2 is 1.17 bits per heavy atom. The van der Waals surface area contributed by atoms with Crippen LogP contribution in [0.4, 0.5) is 0 Å². The van der Waals surface area contributed by atoms with Crippen molar-refractivity contribution in [2.75, 3.05) is 0 Å². The second-order valence-corrected chi connectivity index (χ2v) is 8.92. The van der Waals surface area contributed by atoms with Crippen LogP contribution in [0.2, 0.25) is 0 Å². The summed E-state index contributed by atoms with van der Waals surface area (Å²) < 4.78 is 0. The van der Waals surface area contributed by atoms with E-state index in [0.29, 0.717) is 0 Å². The average Bonchev–Trinajstić information content (AvgIpc) is 2.78. The number of unbranched alkanes of at least 4 members (excludes halogenated alkanes) is 2. The molecule has 0 spiro atoms. The Hall–Kier alpha value is -2.00. The molecule has 1 saturated carbocycles. The lowest BCUT2D eigenvalue weighted by Gasteiger charge is -2.28. The van der Waals surface area contributed by atoms with E-state index in [9.17, 15) is 0 Å². The molecule has 154 valence electrons. The minimum absolute atomic E-state index is 0.947. The van der Waals surface area contributed by atoms with Crippen LogP contribution in [-0.2, 0) is 12.8 Å². The molecular formula is C29H38. The minimum Gasteiger partial charge on any atom is -0.0654 e. The normalized spacial score (nSPS) is 18.8. The van der Waals surface area contributed by atoms with Gasteiger partial charge < -0.3 is 0 Å². The van der Waals surface area contributed by atoms with Crippen LogP contribution in [0, 0.1) is 23.7 Å². The summed E-state index contributed by atoms with van der Waals surface area (Å²) in [6.07, 6.45) is 15.2. The van der Waals surface area contributed by atoms with Crippen LogP contribution in [0.15, 0.2) is 48.5 Å². The molecule has 0 aromatic heterocycles. The molecular weight excluding hydrogens is 348 g/mol. The Morgan fingerprint density at radius 1 is 0.655 bits per heavy atom. The molecule has 2 aromatic carbocycles. The van der Waals surface area contributed by atoms with Crippen LogP contribution < -0.4 is 0 Å². The van der Waals surface area contributed by atoms with Crippen molar-refractivity contribution < 1.29 is 0 Å². The zero-order chi connectivity index (χ0) is 20.3. The van der Waals surface area contributed by atoms with Crippen molar-refractivity contribution in [2.45, 2.75) is 84.5 Å². The largest absolute Gasteiger partial charge is 0.0654 e. The molecule has 0 bridgehead atoms. The van der Waals surface area contributed by atoms with Crippen LogP contribution in [0.3, 0.4) is 0 Å². The van der Waals surface area contributed by atoms with Crippen LogP contribution in [0.25, 0.3) is 0 Å². The molecule has 0 aliphatic heterocycles. The van der Waals surface area contributed by atoms with E-state index in [1.165, 1.54) is 75.3 Å². The highest BCUT2D eigenvalue weighted by Gasteiger charge is 2.20. The lowest BCUT2D eigenvalue weighted by molar-refractivity contribution is 0.249. The Labute approximate surface area is 179 Å². The fourth-order valence-electron chi connectivity index (χ4n) is 4.59. The van der Waals surface area contributed by atoms with E-state index >= 15 is 0 Å². The molecule has 0 nitrogen and oxygen atoms in total. The Balaban J connectivity index is 1.41. The van der Waals surface area contributed by atoms with Crippen molar-refractivity contribution in [2.24, 2.45) is 11.8 Å². The first kappa shape index (κ1) is 21.7. The van der Waals surface area contributed by atoms with Gasteiger partial charge in [0.2, 0.25) is 0 Å². The maximum atomic E-state index is 3.31. The van der Waals surface area contributed by atoms with Crippen LogP contribution in [0.5, 0.6) is 0 Å². The standard InChI is InChI=1S/C29H38/c1-3-5-6-7-25-12-14-27(15-13-25)18-19-29-22-20-28(21-23-29)17-16-26-10-8-24(4-2)9-11-26/h8-11,20-23,25,27H,3-7,12-15,18-19H2,1-2H3. The maximum absolute atomic E-state index is 3.31. The van der Waals surface area contributed by atoms with E-state index in [1.54, 1.807) is 0 Å². The second-order valence-electron chi connectivity index (χ2n) is 8.92. The third-order valence-corrected chi connectivity index (χ3v) is 6.69. The highest BCUT2D eigenvalue weighted by molar-refractivity contribution is 5.44. The van der Waals surface area contributed by atoms with Gasteiger partial charge in [0.15, 0.2) is 0 Å². The van der Waals surface area contributed by atoms with Crippen LogP contribution in [-0.4, -0.2) is 0 Å². The van der Waals surface area contributed by atoms with Crippen molar-refractivity contribution in [3.8, 4) is 11.8 Å². The lowest BCUT2D eigenvalue weighted by Crippen LogP contribution is -2.15. The van der Waals surface area contributed by atoms with Gasteiger partial charge in [-0.15, -0.1) is 0 Å². The van der Waals surface area contributed by atoms with E-state index in [1.807, 2.05) is 0 Å². The summed E-state index contributed by atoms with van der Waals surface area (Å²) in [5.41, 5.74) is 5.04. The molecule has 0 heteroatoms. The van der Waals surface area contributed by atoms with Crippen molar-refractivity contribution >= 4 is 0 Å². The summed E-state index contributed by atoms with van der Waals surface area (Å²) in [5.74, 6) is 8.56. The number of hydrogen-bond donors (Lipinski definition) is 0. The molecule has 0 amide bonds. The predicted molar refractivity (Wildman–Crippen MR) is 126 cm³/mol. The smallest absolute Gasteiger partial charge is 0.0249 e. The number of aryl methyl sites for hydroxylation is 2.